The number of nitrogens with zero attached hydrogens (tertiary/aromatic N) is 5. The van der Waals surface area contributed by atoms with Gasteiger partial charge in [-0.2, -0.15) is 22.6 Å². The van der Waals surface area contributed by atoms with Crippen molar-refractivity contribution in [1.29, 1.82) is 0 Å². The Labute approximate surface area is 217 Å². The van der Waals surface area contributed by atoms with Gasteiger partial charge in [-0.05, 0) is 66.6 Å². The molecule has 0 spiro atoms. The van der Waals surface area contributed by atoms with E-state index in [1.807, 2.05) is 19.1 Å². The topological polar surface area (TPSA) is 71.3 Å². The fourth-order valence-corrected chi connectivity index (χ4v) is 6.19. The summed E-state index contributed by atoms with van der Waals surface area (Å²) >= 11 is 0. The highest BCUT2D eigenvalue weighted by molar-refractivity contribution is 7.89. The van der Waals surface area contributed by atoms with Crippen molar-refractivity contribution in [2.45, 2.75) is 30.6 Å². The van der Waals surface area contributed by atoms with Crippen LogP contribution in [0.25, 0.3) is 16.6 Å². The molecule has 0 saturated carbocycles. The van der Waals surface area contributed by atoms with Crippen molar-refractivity contribution < 1.29 is 26.0 Å². The summed E-state index contributed by atoms with van der Waals surface area (Å²) in [4.78, 5) is 5.67. The van der Waals surface area contributed by atoms with Gasteiger partial charge in [0.2, 0.25) is 0 Å². The molecule has 0 bridgehead atoms. The van der Waals surface area contributed by atoms with E-state index < -0.39 is 28.7 Å². The molecule has 0 unspecified atom stereocenters. The number of sulfonamides is 1. The molecule has 2 aromatic heterocycles. The lowest BCUT2D eigenvalue weighted by Crippen LogP contribution is -2.51. The van der Waals surface area contributed by atoms with Crippen LogP contribution in [0.4, 0.5) is 17.6 Å². The normalized spacial score (nSPS) is 17.8. The van der Waals surface area contributed by atoms with Gasteiger partial charge in [-0.25, -0.2) is 22.5 Å². The van der Waals surface area contributed by atoms with Crippen molar-refractivity contribution in [1.82, 2.24) is 24.0 Å². The Morgan fingerprint density at radius 1 is 1.05 bits per heavy atom. The molecule has 0 amide bonds. The molecule has 1 aliphatic heterocycles. The summed E-state index contributed by atoms with van der Waals surface area (Å²) < 4.78 is 82.3. The van der Waals surface area contributed by atoms with Gasteiger partial charge in [0.25, 0.3) is 10.0 Å². The molecule has 12 heteroatoms. The van der Waals surface area contributed by atoms with Gasteiger partial charge in [0.15, 0.2) is 5.03 Å². The second kappa shape index (κ2) is 10.1. The van der Waals surface area contributed by atoms with E-state index in [9.17, 15) is 26.0 Å². The van der Waals surface area contributed by atoms with Crippen molar-refractivity contribution >= 4 is 20.9 Å². The standard InChI is InChI=1S/C26H25F4N5O2S/c1-18-14-23-19(16-32-35(23)21-7-5-20(27)6-8-21)15-22(18)24-17-34(13-12-33(24)11-9-26(28,29)30)38(36,37)25-4-2-3-10-31-25/h2-8,10,14-16,24H,9,11-13,17H2,1H3/t24-/m1/s1. The van der Waals surface area contributed by atoms with Crippen LogP contribution in [0.5, 0.6) is 0 Å². The number of aryl methyl sites for hydroxylation is 1. The summed E-state index contributed by atoms with van der Waals surface area (Å²) in [6.45, 7) is 1.76. The van der Waals surface area contributed by atoms with Gasteiger partial charge in [-0.1, -0.05) is 6.07 Å². The number of benzene rings is 2. The molecule has 4 aromatic rings. The molecule has 38 heavy (non-hydrogen) atoms. The van der Waals surface area contributed by atoms with E-state index in [1.54, 1.807) is 40.0 Å². The van der Waals surface area contributed by atoms with Crippen LogP contribution in [0.1, 0.15) is 23.6 Å². The number of alkyl halides is 3. The largest absolute Gasteiger partial charge is 0.390 e. The number of piperazine rings is 1. The molecule has 1 aliphatic rings. The number of hydrogen-bond acceptors (Lipinski definition) is 5. The molecule has 3 heterocycles. The predicted molar refractivity (Wildman–Crippen MR) is 134 cm³/mol. The minimum atomic E-state index is -4.34. The SMILES string of the molecule is Cc1cc2c(cnn2-c2ccc(F)cc2)cc1[C@H]1CN(S(=O)(=O)c2ccccn2)CCN1CCC(F)(F)F. The third kappa shape index (κ3) is 5.29. The zero-order valence-corrected chi connectivity index (χ0v) is 21.3. The van der Waals surface area contributed by atoms with Crippen LogP contribution in [0, 0.1) is 12.7 Å². The van der Waals surface area contributed by atoms with E-state index in [0.717, 1.165) is 22.0 Å². The van der Waals surface area contributed by atoms with Gasteiger partial charge < -0.3 is 0 Å². The van der Waals surface area contributed by atoms with E-state index in [1.165, 1.54) is 28.7 Å². The van der Waals surface area contributed by atoms with Gasteiger partial charge in [-0.3, -0.25) is 4.90 Å². The van der Waals surface area contributed by atoms with Crippen molar-refractivity contribution in [3.05, 3.63) is 83.9 Å². The smallest absolute Gasteiger partial charge is 0.293 e. The van der Waals surface area contributed by atoms with Gasteiger partial charge in [0.05, 0.1) is 23.8 Å². The first kappa shape index (κ1) is 26.3. The van der Waals surface area contributed by atoms with Crippen LogP contribution < -0.4 is 0 Å². The Morgan fingerprint density at radius 2 is 1.82 bits per heavy atom. The molecule has 1 fully saturated rings. The molecule has 0 radical (unpaired) electrons. The maximum absolute atomic E-state index is 13.4. The first-order valence-corrected chi connectivity index (χ1v) is 13.4. The van der Waals surface area contributed by atoms with E-state index in [0.29, 0.717) is 5.69 Å². The number of pyridine rings is 1. The van der Waals surface area contributed by atoms with E-state index in [-0.39, 0.29) is 37.0 Å². The zero-order chi connectivity index (χ0) is 27.1. The van der Waals surface area contributed by atoms with Gasteiger partial charge in [-0.15, -0.1) is 0 Å². The lowest BCUT2D eigenvalue weighted by atomic mass is 9.96. The molecule has 200 valence electrons. The van der Waals surface area contributed by atoms with Crippen LogP contribution in [-0.2, 0) is 10.0 Å². The van der Waals surface area contributed by atoms with Crippen LogP contribution in [0.3, 0.4) is 0 Å². The molecule has 5 rings (SSSR count). The van der Waals surface area contributed by atoms with Gasteiger partial charge >= 0.3 is 6.18 Å². The number of hydrogen-bond donors (Lipinski definition) is 0. The second-order valence-electron chi connectivity index (χ2n) is 9.25. The van der Waals surface area contributed by atoms with E-state index >= 15 is 0 Å². The average molecular weight is 548 g/mol. The quantitative estimate of drug-likeness (QED) is 0.322. The maximum atomic E-state index is 13.4. The van der Waals surface area contributed by atoms with Gasteiger partial charge in [0.1, 0.15) is 5.82 Å². The minimum Gasteiger partial charge on any atom is -0.293 e. The summed E-state index contributed by atoms with van der Waals surface area (Å²) in [5.41, 5.74) is 2.90. The monoisotopic (exact) mass is 547 g/mol. The molecule has 0 N–H and O–H groups in total. The van der Waals surface area contributed by atoms with Crippen molar-refractivity contribution in [2.24, 2.45) is 0 Å². The van der Waals surface area contributed by atoms with E-state index in [2.05, 4.69) is 10.1 Å². The third-order valence-corrected chi connectivity index (χ3v) is 8.55. The number of halogens is 4. The maximum Gasteiger partial charge on any atom is 0.390 e. The second-order valence-corrected chi connectivity index (χ2v) is 11.1. The number of fused-ring (bicyclic) bond motifs is 1. The highest BCUT2D eigenvalue weighted by atomic mass is 32.2. The fourth-order valence-electron chi connectivity index (χ4n) is 4.82. The Kier molecular flexibility index (Phi) is 6.97. The minimum absolute atomic E-state index is 0.0186. The van der Waals surface area contributed by atoms with E-state index in [4.69, 9.17) is 0 Å². The molecule has 7 nitrogen and oxygen atoms in total. The first-order chi connectivity index (χ1) is 18.0. The molecular weight excluding hydrogens is 522 g/mol. The summed E-state index contributed by atoms with van der Waals surface area (Å²) in [7, 11) is -3.93. The van der Waals surface area contributed by atoms with Crippen LogP contribution in [-0.4, -0.2) is 64.7 Å². The first-order valence-electron chi connectivity index (χ1n) is 12.0. The molecular formula is C26H25F4N5O2S. The Balaban J connectivity index is 1.52. The highest BCUT2D eigenvalue weighted by Crippen LogP contribution is 2.34. The summed E-state index contributed by atoms with van der Waals surface area (Å²) in [5.74, 6) is -0.370. The number of aromatic nitrogens is 3. The fraction of sp³-hybridized carbons (Fsp3) is 0.308. The zero-order valence-electron chi connectivity index (χ0n) is 20.4. The van der Waals surface area contributed by atoms with Crippen LogP contribution in [0.15, 0.2) is 72.0 Å². The summed E-state index contributed by atoms with van der Waals surface area (Å²) in [6, 6.07) is 13.6. The summed E-state index contributed by atoms with van der Waals surface area (Å²) in [6.07, 6.45) is -2.31. The lowest BCUT2D eigenvalue weighted by molar-refractivity contribution is -0.140. The molecule has 2 aromatic carbocycles. The van der Waals surface area contributed by atoms with Crippen molar-refractivity contribution in [3.8, 4) is 5.69 Å². The Morgan fingerprint density at radius 3 is 2.50 bits per heavy atom. The van der Waals surface area contributed by atoms with Crippen molar-refractivity contribution in [2.75, 3.05) is 26.2 Å². The predicted octanol–water partition coefficient (Wildman–Crippen LogP) is 4.87. The molecule has 1 atom stereocenters. The number of rotatable bonds is 6. The highest BCUT2D eigenvalue weighted by Gasteiger charge is 2.38. The molecule has 0 aliphatic carbocycles. The van der Waals surface area contributed by atoms with Crippen molar-refractivity contribution in [3.63, 3.8) is 0 Å². The lowest BCUT2D eigenvalue weighted by Gasteiger charge is -2.41. The summed E-state index contributed by atoms with van der Waals surface area (Å²) in [5, 5.41) is 5.05. The Bertz CT molecular complexity index is 1540. The van der Waals surface area contributed by atoms with Crippen LogP contribution >= 0.6 is 0 Å². The average Bonchev–Trinajstić information content (AvgIpc) is 3.30. The third-order valence-electron chi connectivity index (χ3n) is 6.76. The molecule has 1 saturated heterocycles. The van der Waals surface area contributed by atoms with Gasteiger partial charge in [0, 0.05) is 43.8 Å². The Hall–Kier alpha value is -3.35. The van der Waals surface area contributed by atoms with Crippen LogP contribution in [0.2, 0.25) is 0 Å².